The van der Waals surface area contributed by atoms with Gasteiger partial charge in [0.1, 0.15) is 5.75 Å². The molecule has 10 heteroatoms. The number of nitrogens with one attached hydrogen (secondary N) is 1. The van der Waals surface area contributed by atoms with Crippen LogP contribution in [0.5, 0.6) is 5.75 Å². The Kier molecular flexibility index (Phi) is 6.75. The van der Waals surface area contributed by atoms with Crippen LogP contribution in [0, 0.1) is 13.8 Å². The van der Waals surface area contributed by atoms with Crippen LogP contribution in [-0.4, -0.2) is 75.0 Å². The van der Waals surface area contributed by atoms with E-state index in [-0.39, 0.29) is 11.9 Å². The highest BCUT2D eigenvalue weighted by Crippen LogP contribution is 2.21. The van der Waals surface area contributed by atoms with Crippen LogP contribution in [0.4, 0.5) is 5.69 Å². The number of aromatic nitrogens is 4. The van der Waals surface area contributed by atoms with Gasteiger partial charge in [0.2, 0.25) is 17.6 Å². The van der Waals surface area contributed by atoms with Gasteiger partial charge in [0, 0.05) is 38.8 Å². The molecule has 3 aromatic rings. The highest BCUT2D eigenvalue weighted by molar-refractivity contribution is 5.95. The van der Waals surface area contributed by atoms with Crippen molar-refractivity contribution in [3.05, 3.63) is 41.5 Å². The van der Waals surface area contributed by atoms with Crippen molar-refractivity contribution < 1.29 is 14.1 Å². The largest absolute Gasteiger partial charge is 0.497 e. The maximum Gasteiger partial charge on any atom is 0.241 e. The minimum absolute atomic E-state index is 0.0105. The van der Waals surface area contributed by atoms with E-state index in [0.717, 1.165) is 54.6 Å². The average molecular weight is 454 g/mol. The van der Waals surface area contributed by atoms with Crippen molar-refractivity contribution >= 4 is 11.6 Å². The second-order valence-corrected chi connectivity index (χ2v) is 8.39. The van der Waals surface area contributed by atoms with E-state index in [4.69, 9.17) is 9.26 Å². The lowest BCUT2D eigenvalue weighted by Gasteiger charge is -2.36. The van der Waals surface area contributed by atoms with Gasteiger partial charge in [-0.05, 0) is 45.0 Å². The maximum absolute atomic E-state index is 12.8. The van der Waals surface area contributed by atoms with Gasteiger partial charge in [0.25, 0.3) is 0 Å². The van der Waals surface area contributed by atoms with E-state index in [9.17, 15) is 4.79 Å². The molecule has 4 rings (SSSR count). The predicted molar refractivity (Wildman–Crippen MR) is 124 cm³/mol. The number of aryl methyl sites for hydroxylation is 2. The van der Waals surface area contributed by atoms with E-state index in [0.29, 0.717) is 18.3 Å². The molecular formula is C23H31N7O3. The third-order valence-corrected chi connectivity index (χ3v) is 6.27. The minimum Gasteiger partial charge on any atom is -0.497 e. The Morgan fingerprint density at radius 3 is 2.48 bits per heavy atom. The summed E-state index contributed by atoms with van der Waals surface area (Å²) >= 11 is 0. The molecule has 0 radical (unpaired) electrons. The Balaban J connectivity index is 1.29. The molecule has 1 aliphatic heterocycles. The van der Waals surface area contributed by atoms with Gasteiger partial charge < -0.3 is 14.6 Å². The van der Waals surface area contributed by atoms with Crippen LogP contribution in [0.25, 0.3) is 11.4 Å². The second kappa shape index (κ2) is 9.72. The number of methoxy groups -OCH3 is 1. The van der Waals surface area contributed by atoms with Gasteiger partial charge in [-0.2, -0.15) is 10.1 Å². The molecule has 3 heterocycles. The zero-order valence-corrected chi connectivity index (χ0v) is 19.8. The molecule has 33 heavy (non-hydrogen) atoms. The number of benzene rings is 1. The first-order valence-electron chi connectivity index (χ1n) is 11.1. The lowest BCUT2D eigenvalue weighted by atomic mass is 10.2. The first-order valence-corrected chi connectivity index (χ1v) is 11.1. The standard InChI is InChI=1S/C23H31N7O3/c1-15-21(16(2)28(4)26-15)25-23(31)17(3)30-12-10-29(11-13-30)14-20-24-22(27-33-20)18-6-8-19(32-5)9-7-18/h6-9,17H,10-14H2,1-5H3,(H,25,31). The van der Waals surface area contributed by atoms with Crippen molar-refractivity contribution in [2.75, 3.05) is 38.6 Å². The van der Waals surface area contributed by atoms with Gasteiger partial charge in [0.15, 0.2) is 0 Å². The van der Waals surface area contributed by atoms with Crippen molar-refractivity contribution in [3.8, 4) is 17.1 Å². The topological polar surface area (TPSA) is 102 Å². The highest BCUT2D eigenvalue weighted by Gasteiger charge is 2.27. The third kappa shape index (κ3) is 5.07. The van der Waals surface area contributed by atoms with E-state index >= 15 is 0 Å². The molecule has 1 N–H and O–H groups in total. The van der Waals surface area contributed by atoms with Crippen molar-refractivity contribution in [2.24, 2.45) is 7.05 Å². The van der Waals surface area contributed by atoms with Crippen molar-refractivity contribution in [1.29, 1.82) is 0 Å². The Bertz CT molecular complexity index is 1100. The zero-order valence-electron chi connectivity index (χ0n) is 19.8. The van der Waals surface area contributed by atoms with E-state index in [1.165, 1.54) is 0 Å². The van der Waals surface area contributed by atoms with E-state index in [2.05, 4.69) is 30.4 Å². The fourth-order valence-corrected chi connectivity index (χ4v) is 4.02. The van der Waals surface area contributed by atoms with Gasteiger partial charge >= 0.3 is 0 Å². The SMILES string of the molecule is COc1ccc(-c2noc(CN3CCN(C(C)C(=O)Nc4c(C)nn(C)c4C)CC3)n2)cc1. The van der Waals surface area contributed by atoms with Crippen LogP contribution in [0.3, 0.4) is 0 Å². The molecule has 176 valence electrons. The summed E-state index contributed by atoms with van der Waals surface area (Å²) < 4.78 is 12.4. The van der Waals surface area contributed by atoms with Crippen molar-refractivity contribution in [1.82, 2.24) is 29.7 Å². The van der Waals surface area contributed by atoms with Crippen LogP contribution in [-0.2, 0) is 18.4 Å². The molecule has 1 unspecified atom stereocenters. The fraction of sp³-hybridized carbons (Fsp3) is 0.478. The summed E-state index contributed by atoms with van der Waals surface area (Å²) in [5, 5.41) is 11.5. The number of amides is 1. The molecule has 0 spiro atoms. The number of piperazine rings is 1. The number of hydrogen-bond donors (Lipinski definition) is 1. The first kappa shape index (κ1) is 22.9. The Morgan fingerprint density at radius 2 is 1.88 bits per heavy atom. The first-order chi connectivity index (χ1) is 15.9. The Morgan fingerprint density at radius 1 is 1.18 bits per heavy atom. The summed E-state index contributed by atoms with van der Waals surface area (Å²) in [5.74, 6) is 1.93. The van der Waals surface area contributed by atoms with Crippen LogP contribution in [0.15, 0.2) is 28.8 Å². The monoisotopic (exact) mass is 453 g/mol. The Labute approximate surface area is 193 Å². The molecule has 1 aliphatic rings. The summed E-state index contributed by atoms with van der Waals surface area (Å²) in [6.07, 6.45) is 0. The fourth-order valence-electron chi connectivity index (χ4n) is 4.02. The summed E-state index contributed by atoms with van der Waals surface area (Å²) in [6.45, 7) is 9.63. The summed E-state index contributed by atoms with van der Waals surface area (Å²) in [5.41, 5.74) is 3.46. The molecule has 0 saturated carbocycles. The van der Waals surface area contributed by atoms with Gasteiger partial charge in [-0.25, -0.2) is 0 Å². The molecule has 10 nitrogen and oxygen atoms in total. The molecule has 0 aliphatic carbocycles. The van der Waals surface area contributed by atoms with Crippen LogP contribution < -0.4 is 10.1 Å². The lowest BCUT2D eigenvalue weighted by Crippen LogP contribution is -2.52. The number of carbonyl (C=O) groups excluding carboxylic acids is 1. The average Bonchev–Trinajstić information content (AvgIpc) is 3.38. The molecule has 2 aromatic heterocycles. The Hall–Kier alpha value is -3.24. The normalized spacial score (nSPS) is 16.0. The number of ether oxygens (including phenoxy) is 1. The van der Waals surface area contributed by atoms with E-state index < -0.39 is 0 Å². The molecule has 1 atom stereocenters. The molecule has 0 bridgehead atoms. The number of hydrogen-bond acceptors (Lipinski definition) is 8. The third-order valence-electron chi connectivity index (χ3n) is 6.27. The van der Waals surface area contributed by atoms with Crippen LogP contribution >= 0.6 is 0 Å². The highest BCUT2D eigenvalue weighted by atomic mass is 16.5. The number of rotatable bonds is 7. The quantitative estimate of drug-likeness (QED) is 0.581. The summed E-state index contributed by atoms with van der Waals surface area (Å²) in [4.78, 5) is 21.8. The smallest absolute Gasteiger partial charge is 0.241 e. The van der Waals surface area contributed by atoms with Crippen LogP contribution in [0.2, 0.25) is 0 Å². The summed E-state index contributed by atoms with van der Waals surface area (Å²) in [6, 6.07) is 7.34. The molecule has 1 fully saturated rings. The van der Waals surface area contributed by atoms with Gasteiger partial charge in [-0.3, -0.25) is 19.3 Å². The zero-order chi connectivity index (χ0) is 23.5. The van der Waals surface area contributed by atoms with Gasteiger partial charge in [-0.1, -0.05) is 5.16 Å². The minimum atomic E-state index is -0.226. The van der Waals surface area contributed by atoms with E-state index in [1.807, 2.05) is 52.1 Å². The second-order valence-electron chi connectivity index (χ2n) is 8.39. The maximum atomic E-state index is 12.8. The molecule has 1 saturated heterocycles. The molecular weight excluding hydrogens is 422 g/mol. The van der Waals surface area contributed by atoms with Crippen molar-refractivity contribution in [3.63, 3.8) is 0 Å². The number of carbonyl (C=O) groups is 1. The number of anilines is 1. The van der Waals surface area contributed by atoms with E-state index in [1.54, 1.807) is 11.8 Å². The van der Waals surface area contributed by atoms with Crippen molar-refractivity contribution in [2.45, 2.75) is 33.4 Å². The van der Waals surface area contributed by atoms with Gasteiger partial charge in [0.05, 0.1) is 36.8 Å². The number of nitrogens with zero attached hydrogens (tertiary/aromatic N) is 6. The lowest BCUT2D eigenvalue weighted by molar-refractivity contribution is -0.121. The predicted octanol–water partition coefficient (Wildman–Crippen LogP) is 2.24. The molecule has 1 aromatic carbocycles. The van der Waals surface area contributed by atoms with Crippen LogP contribution in [0.1, 0.15) is 24.2 Å². The summed E-state index contributed by atoms with van der Waals surface area (Å²) in [7, 11) is 3.51. The van der Waals surface area contributed by atoms with Gasteiger partial charge in [-0.15, -0.1) is 0 Å². The molecule has 1 amide bonds.